The van der Waals surface area contributed by atoms with E-state index in [0.29, 0.717) is 0 Å². The van der Waals surface area contributed by atoms with Crippen LogP contribution in [0.2, 0.25) is 0 Å². The molecule has 1 aromatic heterocycles. The zero-order valence-electron chi connectivity index (χ0n) is 5.56. The minimum absolute atomic E-state index is 0. The Kier molecular flexibility index (Phi) is 6.02. The maximum absolute atomic E-state index is 3.37. The number of halogens is 2. The Morgan fingerprint density at radius 2 is 2.30 bits per heavy atom. The SMILES string of the molecule is BrCCC[n+]1cc[nH]c1.[Br-]. The van der Waals surface area contributed by atoms with Crippen molar-refractivity contribution in [1.82, 2.24) is 4.98 Å². The lowest BCUT2D eigenvalue weighted by Gasteiger charge is -1.89. The number of rotatable bonds is 3. The predicted molar refractivity (Wildman–Crippen MR) is 39.4 cm³/mol. The molecule has 0 bridgehead atoms. The summed E-state index contributed by atoms with van der Waals surface area (Å²) in [7, 11) is 0. The van der Waals surface area contributed by atoms with E-state index in [0.717, 1.165) is 11.9 Å². The highest BCUT2D eigenvalue weighted by Gasteiger charge is 1.92. The summed E-state index contributed by atoms with van der Waals surface area (Å²) in [6.07, 6.45) is 7.10. The van der Waals surface area contributed by atoms with Crippen LogP contribution >= 0.6 is 15.9 Å². The molecule has 0 aliphatic rings. The summed E-state index contributed by atoms with van der Waals surface area (Å²) in [6, 6.07) is 0. The lowest BCUT2D eigenvalue weighted by molar-refractivity contribution is -0.695. The third-order valence-corrected chi connectivity index (χ3v) is 1.71. The molecule has 0 saturated carbocycles. The fourth-order valence-corrected chi connectivity index (χ4v) is 0.953. The van der Waals surface area contributed by atoms with Gasteiger partial charge in [0.05, 0.1) is 6.54 Å². The molecule has 0 amide bonds. The Morgan fingerprint density at radius 1 is 1.50 bits per heavy atom. The number of alkyl halides is 1. The van der Waals surface area contributed by atoms with Crippen LogP contribution in [0.5, 0.6) is 0 Å². The predicted octanol–water partition coefficient (Wildman–Crippen LogP) is -1.91. The molecule has 0 saturated heterocycles. The Bertz CT molecular complexity index is 151. The number of hydrogen-bond donors (Lipinski definition) is 1. The highest BCUT2D eigenvalue weighted by Crippen LogP contribution is 1.85. The summed E-state index contributed by atoms with van der Waals surface area (Å²) in [5.74, 6) is 0. The molecular formula is C6H10Br2N2. The molecule has 1 N–H and O–H groups in total. The number of imidazole rings is 1. The highest BCUT2D eigenvalue weighted by molar-refractivity contribution is 9.09. The lowest BCUT2D eigenvalue weighted by atomic mass is 10.5. The lowest BCUT2D eigenvalue weighted by Crippen LogP contribution is -3.00. The van der Waals surface area contributed by atoms with Crippen molar-refractivity contribution in [1.29, 1.82) is 0 Å². The summed E-state index contributed by atoms with van der Waals surface area (Å²) >= 11 is 3.37. The molecule has 1 heterocycles. The van der Waals surface area contributed by atoms with Crippen molar-refractivity contribution < 1.29 is 21.5 Å². The van der Waals surface area contributed by atoms with Crippen LogP contribution in [0.15, 0.2) is 18.7 Å². The molecule has 0 radical (unpaired) electrons. The number of nitrogens with one attached hydrogen (secondary N) is 1. The minimum Gasteiger partial charge on any atom is -1.00 e. The van der Waals surface area contributed by atoms with Gasteiger partial charge in [0.2, 0.25) is 6.33 Å². The van der Waals surface area contributed by atoms with Crippen molar-refractivity contribution >= 4 is 15.9 Å². The van der Waals surface area contributed by atoms with E-state index in [4.69, 9.17) is 0 Å². The van der Waals surface area contributed by atoms with E-state index in [2.05, 4.69) is 25.5 Å². The van der Waals surface area contributed by atoms with Crippen molar-refractivity contribution in [3.05, 3.63) is 18.7 Å². The van der Waals surface area contributed by atoms with Crippen LogP contribution in [0, 0.1) is 0 Å². The molecule has 0 spiro atoms. The van der Waals surface area contributed by atoms with E-state index in [-0.39, 0.29) is 17.0 Å². The van der Waals surface area contributed by atoms with Gasteiger partial charge in [0.25, 0.3) is 0 Å². The molecule has 10 heavy (non-hydrogen) atoms. The molecule has 4 heteroatoms. The van der Waals surface area contributed by atoms with E-state index in [1.54, 1.807) is 0 Å². The summed E-state index contributed by atoms with van der Waals surface area (Å²) in [4.78, 5) is 2.99. The van der Waals surface area contributed by atoms with Crippen molar-refractivity contribution in [2.24, 2.45) is 0 Å². The maximum atomic E-state index is 3.37. The van der Waals surface area contributed by atoms with E-state index in [9.17, 15) is 0 Å². The maximum Gasteiger partial charge on any atom is 0.241 e. The number of aromatic amines is 1. The van der Waals surface area contributed by atoms with Crippen LogP contribution in [0.25, 0.3) is 0 Å². The molecule has 1 rings (SSSR count). The smallest absolute Gasteiger partial charge is 0.241 e. The molecule has 0 aliphatic carbocycles. The van der Waals surface area contributed by atoms with Crippen LogP contribution < -0.4 is 21.5 Å². The zero-order valence-corrected chi connectivity index (χ0v) is 8.73. The van der Waals surface area contributed by atoms with Gasteiger partial charge in [-0.25, -0.2) is 4.57 Å². The third-order valence-electron chi connectivity index (χ3n) is 1.15. The van der Waals surface area contributed by atoms with Gasteiger partial charge >= 0.3 is 0 Å². The fourth-order valence-electron chi connectivity index (χ4n) is 0.702. The molecule has 0 unspecified atom stereocenters. The minimum atomic E-state index is 0. The van der Waals surface area contributed by atoms with Crippen LogP contribution in [-0.2, 0) is 6.54 Å². The van der Waals surface area contributed by atoms with Gasteiger partial charge in [0.15, 0.2) is 0 Å². The van der Waals surface area contributed by atoms with Crippen LogP contribution in [0.3, 0.4) is 0 Å². The summed E-state index contributed by atoms with van der Waals surface area (Å²) in [5.41, 5.74) is 0. The van der Waals surface area contributed by atoms with Gasteiger partial charge in [-0.15, -0.1) is 0 Å². The molecule has 0 aliphatic heterocycles. The normalized spacial score (nSPS) is 8.90. The first-order chi connectivity index (χ1) is 4.43. The van der Waals surface area contributed by atoms with Crippen molar-refractivity contribution in [2.45, 2.75) is 13.0 Å². The number of hydrogen-bond acceptors (Lipinski definition) is 0. The second kappa shape index (κ2) is 5.92. The fraction of sp³-hybridized carbons (Fsp3) is 0.500. The topological polar surface area (TPSA) is 19.7 Å². The first-order valence-electron chi connectivity index (χ1n) is 3.01. The van der Waals surface area contributed by atoms with Crippen molar-refractivity contribution in [2.75, 3.05) is 5.33 Å². The number of aryl methyl sites for hydroxylation is 1. The monoisotopic (exact) mass is 268 g/mol. The quantitative estimate of drug-likeness (QED) is 0.488. The Balaban J connectivity index is 0.000000810. The number of H-pyrrole nitrogens is 1. The highest BCUT2D eigenvalue weighted by atomic mass is 79.9. The Morgan fingerprint density at radius 3 is 2.80 bits per heavy atom. The van der Waals surface area contributed by atoms with Crippen molar-refractivity contribution in [3.8, 4) is 0 Å². The van der Waals surface area contributed by atoms with Gasteiger partial charge in [-0.3, -0.25) is 4.98 Å². The van der Waals surface area contributed by atoms with E-state index >= 15 is 0 Å². The van der Waals surface area contributed by atoms with Gasteiger partial charge in [-0.2, -0.15) is 0 Å². The first-order valence-corrected chi connectivity index (χ1v) is 4.13. The second-order valence-corrected chi connectivity index (χ2v) is 2.68. The van der Waals surface area contributed by atoms with Crippen LogP contribution in [-0.4, -0.2) is 10.3 Å². The van der Waals surface area contributed by atoms with E-state index < -0.39 is 0 Å². The van der Waals surface area contributed by atoms with Gasteiger partial charge in [0.1, 0.15) is 12.4 Å². The number of aromatic nitrogens is 2. The summed E-state index contributed by atoms with van der Waals surface area (Å²) < 4.78 is 2.13. The average molecular weight is 270 g/mol. The zero-order chi connectivity index (χ0) is 6.53. The van der Waals surface area contributed by atoms with Gasteiger partial charge < -0.3 is 17.0 Å². The Labute approximate surface area is 79.5 Å². The molecule has 58 valence electrons. The molecule has 0 fully saturated rings. The standard InChI is InChI=1S/C6H9BrN2.BrH/c7-2-1-4-9-5-3-8-6-9;/h3,5-6H,1-2,4H2;1H. The summed E-state index contributed by atoms with van der Waals surface area (Å²) in [6.45, 7) is 1.09. The largest absolute Gasteiger partial charge is 1.00 e. The molecule has 0 atom stereocenters. The average Bonchev–Trinajstić information content (AvgIpc) is 2.34. The van der Waals surface area contributed by atoms with Gasteiger partial charge in [-0.1, -0.05) is 15.9 Å². The first kappa shape index (κ1) is 10.2. The summed E-state index contributed by atoms with van der Waals surface area (Å²) in [5, 5.41) is 1.07. The molecule has 1 aromatic rings. The van der Waals surface area contributed by atoms with Crippen molar-refractivity contribution in [3.63, 3.8) is 0 Å². The molecule has 0 aromatic carbocycles. The number of nitrogens with zero attached hydrogens (tertiary/aromatic N) is 1. The molecular weight excluding hydrogens is 260 g/mol. The molecule has 2 nitrogen and oxygen atoms in total. The third kappa shape index (κ3) is 3.37. The Hall–Kier alpha value is 0.170. The van der Waals surface area contributed by atoms with Crippen LogP contribution in [0.4, 0.5) is 0 Å². The van der Waals surface area contributed by atoms with E-state index in [1.165, 1.54) is 6.42 Å². The van der Waals surface area contributed by atoms with Gasteiger partial charge in [0, 0.05) is 5.33 Å². The van der Waals surface area contributed by atoms with Gasteiger partial charge in [-0.05, 0) is 6.42 Å². The van der Waals surface area contributed by atoms with Crippen LogP contribution in [0.1, 0.15) is 6.42 Å². The van der Waals surface area contributed by atoms with E-state index in [1.807, 2.05) is 18.7 Å². The second-order valence-electron chi connectivity index (χ2n) is 1.89.